The van der Waals surface area contributed by atoms with Crippen molar-refractivity contribution in [3.05, 3.63) is 17.9 Å². The fourth-order valence-electron chi connectivity index (χ4n) is 2.32. The Morgan fingerprint density at radius 1 is 1.44 bits per heavy atom. The lowest BCUT2D eigenvalue weighted by molar-refractivity contribution is -0.120. The van der Waals surface area contributed by atoms with Crippen LogP contribution in [0.4, 0.5) is 15.8 Å². The Morgan fingerprint density at radius 2 is 2.28 bits per heavy atom. The first-order valence-electron chi connectivity index (χ1n) is 5.69. The molecule has 2 N–H and O–H groups in total. The molecule has 0 aliphatic carbocycles. The van der Waals surface area contributed by atoms with Crippen LogP contribution in [0.1, 0.15) is 6.42 Å². The van der Waals surface area contributed by atoms with E-state index in [4.69, 9.17) is 9.47 Å². The number of hydrogen-bond donors (Lipinski definition) is 2. The number of hydrogen-bond acceptors (Lipinski definition) is 4. The maximum atomic E-state index is 13.5. The van der Waals surface area contributed by atoms with Gasteiger partial charge in [-0.2, -0.15) is 0 Å². The standard InChI is InChI=1S/C12H13FN2O3/c1-17-10-5-9-8(4-7(10)13)14-11(16)12(15-9)2-3-18-6-12/h4-5,15H,2-3,6H2,1H3,(H,14,16). The zero-order valence-electron chi connectivity index (χ0n) is 9.88. The molecule has 2 heterocycles. The third-order valence-corrected chi connectivity index (χ3v) is 3.37. The third kappa shape index (κ3) is 1.53. The SMILES string of the molecule is COc1cc2c(cc1F)NC(=O)C1(CCOC1)N2. The lowest BCUT2D eigenvalue weighted by atomic mass is 9.94. The van der Waals surface area contributed by atoms with Crippen LogP contribution in [0.3, 0.4) is 0 Å². The highest BCUT2D eigenvalue weighted by molar-refractivity contribution is 6.06. The van der Waals surface area contributed by atoms with Crippen molar-refractivity contribution in [3.8, 4) is 5.75 Å². The molecule has 1 aromatic carbocycles. The predicted octanol–water partition coefficient (Wildman–Crippen LogP) is 1.36. The van der Waals surface area contributed by atoms with Crippen molar-refractivity contribution in [2.45, 2.75) is 12.0 Å². The highest BCUT2D eigenvalue weighted by Gasteiger charge is 2.45. The zero-order valence-corrected chi connectivity index (χ0v) is 9.88. The molecule has 0 bridgehead atoms. The van der Waals surface area contributed by atoms with Gasteiger partial charge in [-0.25, -0.2) is 4.39 Å². The van der Waals surface area contributed by atoms with E-state index in [1.54, 1.807) is 6.07 Å². The van der Waals surface area contributed by atoms with E-state index >= 15 is 0 Å². The van der Waals surface area contributed by atoms with Crippen LogP contribution >= 0.6 is 0 Å². The highest BCUT2D eigenvalue weighted by Crippen LogP contribution is 2.38. The van der Waals surface area contributed by atoms with Gasteiger partial charge in [-0.15, -0.1) is 0 Å². The van der Waals surface area contributed by atoms with Crippen molar-refractivity contribution in [2.24, 2.45) is 0 Å². The van der Waals surface area contributed by atoms with Gasteiger partial charge in [-0.1, -0.05) is 0 Å². The molecule has 1 fully saturated rings. The Labute approximate surface area is 103 Å². The Bertz CT molecular complexity index is 512. The summed E-state index contributed by atoms with van der Waals surface area (Å²) in [5.41, 5.74) is 0.338. The van der Waals surface area contributed by atoms with Crippen molar-refractivity contribution in [3.63, 3.8) is 0 Å². The van der Waals surface area contributed by atoms with Gasteiger partial charge in [0.15, 0.2) is 11.6 Å². The van der Waals surface area contributed by atoms with Gasteiger partial charge in [0.05, 0.1) is 25.1 Å². The summed E-state index contributed by atoms with van der Waals surface area (Å²) in [7, 11) is 1.40. The molecular weight excluding hydrogens is 239 g/mol. The van der Waals surface area contributed by atoms with E-state index in [0.29, 0.717) is 31.0 Å². The minimum atomic E-state index is -0.740. The first-order valence-corrected chi connectivity index (χ1v) is 5.69. The van der Waals surface area contributed by atoms with Crippen LogP contribution in [-0.2, 0) is 9.53 Å². The van der Waals surface area contributed by atoms with Gasteiger partial charge in [-0.05, 0) is 0 Å². The summed E-state index contributed by atoms with van der Waals surface area (Å²) in [6, 6.07) is 2.80. The van der Waals surface area contributed by atoms with Crippen molar-refractivity contribution >= 4 is 17.3 Å². The number of halogens is 1. The van der Waals surface area contributed by atoms with Crippen molar-refractivity contribution in [1.82, 2.24) is 0 Å². The molecule has 1 saturated heterocycles. The van der Waals surface area contributed by atoms with E-state index in [9.17, 15) is 9.18 Å². The number of nitrogens with one attached hydrogen (secondary N) is 2. The van der Waals surface area contributed by atoms with Gasteiger partial charge in [0.1, 0.15) is 5.54 Å². The number of benzene rings is 1. The molecule has 6 heteroatoms. The maximum absolute atomic E-state index is 13.5. The van der Waals surface area contributed by atoms with Crippen LogP contribution in [0.15, 0.2) is 12.1 Å². The predicted molar refractivity (Wildman–Crippen MR) is 63.4 cm³/mol. The van der Waals surface area contributed by atoms with Crippen LogP contribution in [0, 0.1) is 5.82 Å². The number of rotatable bonds is 1. The average molecular weight is 252 g/mol. The van der Waals surface area contributed by atoms with Gasteiger partial charge < -0.3 is 20.1 Å². The first kappa shape index (κ1) is 11.3. The largest absolute Gasteiger partial charge is 0.494 e. The lowest BCUT2D eigenvalue weighted by Gasteiger charge is -2.34. The van der Waals surface area contributed by atoms with Crippen molar-refractivity contribution in [2.75, 3.05) is 31.0 Å². The van der Waals surface area contributed by atoms with Crippen LogP contribution < -0.4 is 15.4 Å². The quantitative estimate of drug-likeness (QED) is 0.792. The Hall–Kier alpha value is -1.82. The molecule has 2 aliphatic rings. The summed E-state index contributed by atoms with van der Waals surface area (Å²) in [5, 5.41) is 5.85. The molecule has 18 heavy (non-hydrogen) atoms. The van der Waals surface area contributed by atoms with Gasteiger partial charge in [0, 0.05) is 25.2 Å². The van der Waals surface area contributed by atoms with Gasteiger partial charge in [0.25, 0.3) is 5.91 Å². The van der Waals surface area contributed by atoms with Crippen LogP contribution in [0.25, 0.3) is 0 Å². The second-order valence-corrected chi connectivity index (χ2v) is 4.50. The minimum Gasteiger partial charge on any atom is -0.494 e. The van der Waals surface area contributed by atoms with Crippen molar-refractivity contribution < 1.29 is 18.7 Å². The van der Waals surface area contributed by atoms with Gasteiger partial charge >= 0.3 is 0 Å². The average Bonchev–Trinajstić information content (AvgIpc) is 2.80. The molecule has 0 aromatic heterocycles. The van der Waals surface area contributed by atoms with Crippen LogP contribution in [-0.4, -0.2) is 31.8 Å². The molecule has 1 aromatic rings. The van der Waals surface area contributed by atoms with Gasteiger partial charge in [-0.3, -0.25) is 4.79 Å². The molecular formula is C12H13FN2O3. The molecule has 0 saturated carbocycles. The second kappa shape index (κ2) is 3.84. The van der Waals surface area contributed by atoms with E-state index < -0.39 is 11.4 Å². The summed E-state index contributed by atoms with van der Waals surface area (Å²) in [6.07, 6.45) is 0.595. The highest BCUT2D eigenvalue weighted by atomic mass is 19.1. The molecule has 1 spiro atoms. The number of amides is 1. The molecule has 2 aliphatic heterocycles. The second-order valence-electron chi connectivity index (χ2n) is 4.50. The number of carbonyl (C=O) groups is 1. The number of methoxy groups -OCH3 is 1. The summed E-state index contributed by atoms with van der Waals surface area (Å²) in [5.74, 6) is -0.541. The summed E-state index contributed by atoms with van der Waals surface area (Å²) >= 11 is 0. The lowest BCUT2D eigenvalue weighted by Crippen LogP contribution is -2.53. The molecule has 3 rings (SSSR count). The van der Waals surface area contributed by atoms with Gasteiger partial charge in [0.2, 0.25) is 0 Å². The molecule has 1 unspecified atom stereocenters. The fraction of sp³-hybridized carbons (Fsp3) is 0.417. The Morgan fingerprint density at radius 3 is 2.94 bits per heavy atom. The maximum Gasteiger partial charge on any atom is 0.252 e. The normalized spacial score (nSPS) is 25.6. The van der Waals surface area contributed by atoms with Crippen LogP contribution in [0.5, 0.6) is 5.75 Å². The number of anilines is 2. The first-order chi connectivity index (χ1) is 8.64. The zero-order chi connectivity index (χ0) is 12.8. The summed E-state index contributed by atoms with van der Waals surface area (Å²) in [4.78, 5) is 12.0. The molecule has 96 valence electrons. The number of ether oxygens (including phenoxy) is 2. The van der Waals surface area contributed by atoms with Crippen molar-refractivity contribution in [1.29, 1.82) is 0 Å². The minimum absolute atomic E-state index is 0.145. The number of fused-ring (bicyclic) bond motifs is 1. The fourth-order valence-corrected chi connectivity index (χ4v) is 2.32. The topological polar surface area (TPSA) is 59.6 Å². The van der Waals surface area contributed by atoms with E-state index in [0.717, 1.165) is 0 Å². The smallest absolute Gasteiger partial charge is 0.252 e. The Balaban J connectivity index is 2.03. The monoisotopic (exact) mass is 252 g/mol. The van der Waals surface area contributed by atoms with E-state index in [1.807, 2.05) is 0 Å². The third-order valence-electron chi connectivity index (χ3n) is 3.37. The van der Waals surface area contributed by atoms with E-state index in [1.165, 1.54) is 13.2 Å². The summed E-state index contributed by atoms with van der Waals surface area (Å²) in [6.45, 7) is 0.853. The van der Waals surface area contributed by atoms with E-state index in [-0.39, 0.29) is 11.7 Å². The molecule has 0 radical (unpaired) electrons. The number of carbonyl (C=O) groups excluding carboxylic acids is 1. The Kier molecular flexibility index (Phi) is 2.41. The molecule has 5 nitrogen and oxygen atoms in total. The van der Waals surface area contributed by atoms with E-state index in [2.05, 4.69) is 10.6 Å². The molecule has 1 atom stereocenters. The van der Waals surface area contributed by atoms with Crippen LogP contribution in [0.2, 0.25) is 0 Å². The summed E-state index contributed by atoms with van der Waals surface area (Å²) < 4.78 is 23.7. The molecule has 1 amide bonds.